The minimum absolute atomic E-state index is 0.0628. The van der Waals surface area contributed by atoms with Crippen molar-refractivity contribution in [1.82, 2.24) is 15.0 Å². The Bertz CT molecular complexity index is 777. The number of nitrogens with zero attached hydrogens (tertiary/aromatic N) is 3. The molecule has 7 heteroatoms. The van der Waals surface area contributed by atoms with Crippen LogP contribution in [0, 0.1) is 12.8 Å². The Morgan fingerprint density at radius 1 is 1.36 bits per heavy atom. The predicted octanol–water partition coefficient (Wildman–Crippen LogP) is 2.63. The fraction of sp³-hybridized carbons (Fsp3) is 0.444. The zero-order valence-electron chi connectivity index (χ0n) is 14.5. The van der Waals surface area contributed by atoms with Crippen LogP contribution in [-0.4, -0.2) is 39.7 Å². The first-order valence-corrected chi connectivity index (χ1v) is 8.27. The molecule has 1 aliphatic rings. The smallest absolute Gasteiger partial charge is 0.343 e. The molecule has 25 heavy (non-hydrogen) atoms. The van der Waals surface area contributed by atoms with Gasteiger partial charge in [-0.3, -0.25) is 4.98 Å². The summed E-state index contributed by atoms with van der Waals surface area (Å²) >= 11 is 0. The monoisotopic (exact) mass is 343 g/mol. The third kappa shape index (κ3) is 3.70. The lowest BCUT2D eigenvalue weighted by molar-refractivity contribution is 0.0688. The number of aryl methyl sites for hydroxylation is 2. The summed E-state index contributed by atoms with van der Waals surface area (Å²) in [5, 5.41) is 9.45. The second-order valence-electron chi connectivity index (χ2n) is 6.09. The van der Waals surface area contributed by atoms with Gasteiger partial charge in [-0.05, 0) is 31.9 Å². The van der Waals surface area contributed by atoms with Crippen molar-refractivity contribution in [2.75, 3.05) is 13.7 Å². The molecule has 7 nitrogen and oxygen atoms in total. The molecule has 0 aliphatic heterocycles. The molecular formula is C18H21N3O4. The Balaban J connectivity index is 1.68. The van der Waals surface area contributed by atoms with Crippen LogP contribution in [0.15, 0.2) is 18.3 Å². The Labute approximate surface area is 146 Å². The molecule has 2 aromatic rings. The molecule has 1 fully saturated rings. The van der Waals surface area contributed by atoms with Gasteiger partial charge in [0.25, 0.3) is 0 Å². The molecule has 2 atom stereocenters. The highest BCUT2D eigenvalue weighted by atomic mass is 16.5. The number of pyridine rings is 1. The van der Waals surface area contributed by atoms with Crippen molar-refractivity contribution in [3.63, 3.8) is 0 Å². The van der Waals surface area contributed by atoms with Crippen molar-refractivity contribution < 1.29 is 19.4 Å². The van der Waals surface area contributed by atoms with E-state index in [2.05, 4.69) is 15.0 Å². The molecule has 0 spiro atoms. The summed E-state index contributed by atoms with van der Waals surface area (Å²) in [6, 6.07) is 3.85. The van der Waals surface area contributed by atoms with Crippen LogP contribution in [0.4, 0.5) is 0 Å². The van der Waals surface area contributed by atoms with Crippen LogP contribution in [0.1, 0.15) is 46.8 Å². The van der Waals surface area contributed by atoms with Crippen LogP contribution >= 0.6 is 0 Å². The lowest BCUT2D eigenvalue weighted by Gasteiger charge is -2.11. The lowest BCUT2D eigenvalue weighted by atomic mass is 10.2. The maximum atomic E-state index is 11.5. The second-order valence-corrected chi connectivity index (χ2v) is 6.09. The van der Waals surface area contributed by atoms with Crippen molar-refractivity contribution in [2.45, 2.75) is 32.6 Å². The van der Waals surface area contributed by atoms with Gasteiger partial charge in [0.2, 0.25) is 5.88 Å². The molecule has 132 valence electrons. The maximum absolute atomic E-state index is 11.5. The lowest BCUT2D eigenvalue weighted by Crippen LogP contribution is -2.13. The van der Waals surface area contributed by atoms with Crippen LogP contribution in [0.25, 0.3) is 0 Å². The second kappa shape index (κ2) is 7.04. The molecule has 2 heterocycles. The fourth-order valence-electron chi connectivity index (χ4n) is 2.89. The van der Waals surface area contributed by atoms with E-state index in [1.165, 1.54) is 0 Å². The van der Waals surface area contributed by atoms with Gasteiger partial charge < -0.3 is 14.6 Å². The zero-order chi connectivity index (χ0) is 18.0. The molecule has 1 aliphatic carbocycles. The summed E-state index contributed by atoms with van der Waals surface area (Å²) in [5.41, 5.74) is 1.56. The normalized spacial score (nSPS) is 18.7. The van der Waals surface area contributed by atoms with Gasteiger partial charge in [0.05, 0.1) is 25.6 Å². The first kappa shape index (κ1) is 17.1. The molecule has 0 saturated heterocycles. The number of aromatic carboxylic acids is 1. The van der Waals surface area contributed by atoms with Gasteiger partial charge in [0, 0.05) is 17.5 Å². The van der Waals surface area contributed by atoms with Gasteiger partial charge in [-0.25, -0.2) is 9.78 Å². The highest BCUT2D eigenvalue weighted by Crippen LogP contribution is 2.47. The molecule has 0 aromatic carbocycles. The summed E-state index contributed by atoms with van der Waals surface area (Å²) in [7, 11) is 1.61. The third-order valence-electron chi connectivity index (χ3n) is 4.34. The van der Waals surface area contributed by atoms with Crippen molar-refractivity contribution >= 4 is 5.97 Å². The third-order valence-corrected chi connectivity index (χ3v) is 4.34. The topological polar surface area (TPSA) is 94.4 Å². The van der Waals surface area contributed by atoms with E-state index in [4.69, 9.17) is 9.47 Å². The number of hydrogen-bond donors (Lipinski definition) is 1. The Morgan fingerprint density at radius 3 is 2.76 bits per heavy atom. The number of carbonyl (C=O) groups is 1. The summed E-state index contributed by atoms with van der Waals surface area (Å²) in [6.45, 7) is 4.02. The number of hydrogen-bond acceptors (Lipinski definition) is 6. The van der Waals surface area contributed by atoms with E-state index in [1.54, 1.807) is 20.2 Å². The van der Waals surface area contributed by atoms with Crippen molar-refractivity contribution in [2.24, 2.45) is 5.92 Å². The van der Waals surface area contributed by atoms with E-state index in [1.807, 2.05) is 19.1 Å². The SMILES string of the molecule is CCc1nc(C)nc(OC[C@H]2C[C@@H]2c2ccc(OC)cn2)c1C(=O)O. The van der Waals surface area contributed by atoms with Gasteiger partial charge in [0.1, 0.15) is 17.1 Å². The van der Waals surface area contributed by atoms with E-state index >= 15 is 0 Å². The number of methoxy groups -OCH3 is 1. The van der Waals surface area contributed by atoms with Crippen molar-refractivity contribution in [3.05, 3.63) is 41.1 Å². The van der Waals surface area contributed by atoms with Crippen LogP contribution in [0.3, 0.4) is 0 Å². The molecule has 1 saturated carbocycles. The van der Waals surface area contributed by atoms with E-state index < -0.39 is 5.97 Å². The summed E-state index contributed by atoms with van der Waals surface area (Å²) in [6.07, 6.45) is 3.19. The van der Waals surface area contributed by atoms with Gasteiger partial charge in [0.15, 0.2) is 0 Å². The number of aromatic nitrogens is 3. The Morgan fingerprint density at radius 2 is 2.16 bits per heavy atom. The van der Waals surface area contributed by atoms with Crippen LogP contribution in [0.5, 0.6) is 11.6 Å². The van der Waals surface area contributed by atoms with Crippen molar-refractivity contribution in [1.29, 1.82) is 0 Å². The predicted molar refractivity (Wildman–Crippen MR) is 90.2 cm³/mol. The van der Waals surface area contributed by atoms with Crippen molar-refractivity contribution in [3.8, 4) is 11.6 Å². The van der Waals surface area contributed by atoms with E-state index in [-0.39, 0.29) is 11.4 Å². The highest BCUT2D eigenvalue weighted by molar-refractivity contribution is 5.91. The molecule has 0 unspecified atom stereocenters. The van der Waals surface area contributed by atoms with Crippen LogP contribution in [-0.2, 0) is 6.42 Å². The highest BCUT2D eigenvalue weighted by Gasteiger charge is 2.40. The minimum Gasteiger partial charge on any atom is -0.495 e. The molecule has 2 aromatic heterocycles. The van der Waals surface area contributed by atoms with E-state index in [9.17, 15) is 9.90 Å². The van der Waals surface area contributed by atoms with E-state index in [0.717, 1.165) is 17.9 Å². The fourth-order valence-corrected chi connectivity index (χ4v) is 2.89. The van der Waals surface area contributed by atoms with Gasteiger partial charge >= 0.3 is 5.97 Å². The van der Waals surface area contributed by atoms with Gasteiger partial charge in [-0.15, -0.1) is 0 Å². The number of ether oxygens (including phenoxy) is 2. The summed E-state index contributed by atoms with van der Waals surface area (Å²) in [5.74, 6) is 0.977. The average molecular weight is 343 g/mol. The summed E-state index contributed by atoms with van der Waals surface area (Å²) < 4.78 is 10.9. The molecular weight excluding hydrogens is 322 g/mol. The van der Waals surface area contributed by atoms with Crippen LogP contribution < -0.4 is 9.47 Å². The molecule has 1 N–H and O–H groups in total. The first-order chi connectivity index (χ1) is 12.0. The standard InChI is InChI=1S/C18H21N3O4/c1-4-14-16(18(22)23)17(21-10(2)20-14)25-9-11-7-13(11)15-6-5-12(24-3)8-19-15/h5-6,8,11,13H,4,7,9H2,1-3H3,(H,22,23)/t11-,13+/m1/s1. The first-order valence-electron chi connectivity index (χ1n) is 8.27. The average Bonchev–Trinajstić information content (AvgIpc) is 3.38. The van der Waals surface area contributed by atoms with E-state index in [0.29, 0.717) is 36.4 Å². The molecule has 0 amide bonds. The Kier molecular flexibility index (Phi) is 4.83. The number of carboxylic acids is 1. The minimum atomic E-state index is -1.06. The Hall–Kier alpha value is -2.70. The molecule has 3 rings (SSSR count). The number of carboxylic acid groups (broad SMARTS) is 1. The largest absolute Gasteiger partial charge is 0.495 e. The molecule has 0 radical (unpaired) electrons. The maximum Gasteiger partial charge on any atom is 0.343 e. The zero-order valence-corrected chi connectivity index (χ0v) is 14.5. The van der Waals surface area contributed by atoms with Gasteiger partial charge in [-0.1, -0.05) is 6.92 Å². The molecule has 0 bridgehead atoms. The quantitative estimate of drug-likeness (QED) is 0.825. The summed E-state index contributed by atoms with van der Waals surface area (Å²) in [4.78, 5) is 24.3. The van der Waals surface area contributed by atoms with Gasteiger partial charge in [-0.2, -0.15) is 4.98 Å². The number of rotatable bonds is 7. The van der Waals surface area contributed by atoms with Crippen LogP contribution in [0.2, 0.25) is 0 Å².